The minimum Gasteiger partial charge on any atom is -0.310 e. The zero-order valence-corrected chi connectivity index (χ0v) is 29.1. The summed E-state index contributed by atoms with van der Waals surface area (Å²) in [6.45, 7) is 0. The summed E-state index contributed by atoms with van der Waals surface area (Å²) >= 11 is 3.77. The first kappa shape index (κ1) is 28.8. The van der Waals surface area contributed by atoms with E-state index >= 15 is 0 Å². The minimum atomic E-state index is 1.13. The number of fused-ring (bicyclic) bond motifs is 12. The fraction of sp³-hybridized carbons (Fsp3) is 0. The molecule has 0 fully saturated rings. The molecule has 0 aliphatic heterocycles. The molecular formula is C48H29NS2. The molecule has 11 aromatic rings. The van der Waals surface area contributed by atoms with Crippen LogP contribution >= 0.6 is 22.7 Å². The molecule has 0 spiro atoms. The van der Waals surface area contributed by atoms with E-state index in [4.69, 9.17) is 0 Å². The van der Waals surface area contributed by atoms with Crippen molar-refractivity contribution in [2.24, 2.45) is 0 Å². The normalized spacial score (nSPS) is 11.9. The molecule has 3 heteroatoms. The van der Waals surface area contributed by atoms with Gasteiger partial charge in [0.25, 0.3) is 0 Å². The molecule has 0 saturated carbocycles. The summed E-state index contributed by atoms with van der Waals surface area (Å²) in [5, 5.41) is 13.1. The van der Waals surface area contributed by atoms with Gasteiger partial charge in [0.05, 0.1) is 0 Å². The predicted molar refractivity (Wildman–Crippen MR) is 225 cm³/mol. The van der Waals surface area contributed by atoms with Crippen LogP contribution in [0.1, 0.15) is 0 Å². The maximum absolute atomic E-state index is 2.40. The number of benzene rings is 9. The highest BCUT2D eigenvalue weighted by Crippen LogP contribution is 2.46. The summed E-state index contributed by atoms with van der Waals surface area (Å²) in [7, 11) is 0. The minimum absolute atomic E-state index is 1.13. The van der Waals surface area contributed by atoms with Crippen molar-refractivity contribution in [3.63, 3.8) is 0 Å². The lowest BCUT2D eigenvalue weighted by molar-refractivity contribution is 1.30. The lowest BCUT2D eigenvalue weighted by Gasteiger charge is -2.26. The predicted octanol–water partition coefficient (Wildman–Crippen LogP) is 15.0. The summed E-state index contributed by atoms with van der Waals surface area (Å²) in [6.07, 6.45) is 0. The summed E-state index contributed by atoms with van der Waals surface area (Å²) in [5.74, 6) is 0. The quantitative estimate of drug-likeness (QED) is 0.167. The van der Waals surface area contributed by atoms with E-state index in [1.165, 1.54) is 83.8 Å². The Morgan fingerprint density at radius 2 is 0.882 bits per heavy atom. The van der Waals surface area contributed by atoms with Crippen LogP contribution in [0.15, 0.2) is 176 Å². The first-order chi connectivity index (χ1) is 25.3. The second-order valence-electron chi connectivity index (χ2n) is 13.3. The second-order valence-corrected chi connectivity index (χ2v) is 15.4. The maximum Gasteiger partial charge on any atom is 0.0468 e. The molecule has 1 nitrogen and oxygen atoms in total. The van der Waals surface area contributed by atoms with Crippen LogP contribution < -0.4 is 4.90 Å². The molecule has 0 N–H and O–H groups in total. The van der Waals surface area contributed by atoms with Gasteiger partial charge in [-0.1, -0.05) is 115 Å². The highest BCUT2D eigenvalue weighted by Gasteiger charge is 2.17. The third-order valence-corrected chi connectivity index (χ3v) is 12.8. The Hall–Kier alpha value is -6.00. The van der Waals surface area contributed by atoms with Crippen LogP contribution in [0.4, 0.5) is 17.1 Å². The van der Waals surface area contributed by atoms with E-state index in [0.29, 0.717) is 0 Å². The van der Waals surface area contributed by atoms with Gasteiger partial charge in [-0.05, 0) is 98.7 Å². The molecule has 0 bridgehead atoms. The largest absolute Gasteiger partial charge is 0.310 e. The number of anilines is 3. The number of hydrogen-bond donors (Lipinski definition) is 0. The highest BCUT2D eigenvalue weighted by molar-refractivity contribution is 7.27. The summed E-state index contributed by atoms with van der Waals surface area (Å²) in [5.41, 5.74) is 5.87. The van der Waals surface area contributed by atoms with E-state index in [1.54, 1.807) is 0 Å². The molecule has 0 radical (unpaired) electrons. The van der Waals surface area contributed by atoms with Gasteiger partial charge in [0.1, 0.15) is 0 Å². The Morgan fingerprint density at radius 1 is 0.314 bits per heavy atom. The fourth-order valence-electron chi connectivity index (χ4n) is 8.01. The highest BCUT2D eigenvalue weighted by atomic mass is 32.1. The van der Waals surface area contributed by atoms with E-state index in [2.05, 4.69) is 181 Å². The first-order valence-corrected chi connectivity index (χ1v) is 19.0. The summed E-state index contributed by atoms with van der Waals surface area (Å²) in [4.78, 5) is 2.40. The van der Waals surface area contributed by atoms with Crippen molar-refractivity contribution in [2.75, 3.05) is 4.90 Å². The lowest BCUT2D eigenvalue weighted by Crippen LogP contribution is -2.09. The lowest BCUT2D eigenvalue weighted by atomic mass is 9.96. The van der Waals surface area contributed by atoms with Crippen LogP contribution in [0.3, 0.4) is 0 Å². The van der Waals surface area contributed by atoms with E-state index in [0.717, 1.165) is 17.1 Å². The molecule has 2 aromatic heterocycles. The van der Waals surface area contributed by atoms with Gasteiger partial charge in [0.2, 0.25) is 0 Å². The molecule has 0 aliphatic carbocycles. The number of nitrogens with zero attached hydrogens (tertiary/aromatic N) is 1. The molecule has 0 amide bonds. The average Bonchev–Trinajstić information content (AvgIpc) is 3.77. The van der Waals surface area contributed by atoms with Crippen molar-refractivity contribution in [2.45, 2.75) is 0 Å². The first-order valence-electron chi connectivity index (χ1n) is 17.3. The van der Waals surface area contributed by atoms with Gasteiger partial charge >= 0.3 is 0 Å². The molecule has 0 saturated heterocycles. The van der Waals surface area contributed by atoms with Gasteiger partial charge in [0.15, 0.2) is 0 Å². The molecular weight excluding hydrogens is 655 g/mol. The smallest absolute Gasteiger partial charge is 0.0468 e. The van der Waals surface area contributed by atoms with E-state index < -0.39 is 0 Å². The summed E-state index contributed by atoms with van der Waals surface area (Å²) < 4.78 is 5.33. The third-order valence-electron chi connectivity index (χ3n) is 10.4. The van der Waals surface area contributed by atoms with Gasteiger partial charge in [0, 0.05) is 62.8 Å². The van der Waals surface area contributed by atoms with Gasteiger partial charge in [-0.25, -0.2) is 0 Å². The Morgan fingerprint density at radius 3 is 1.73 bits per heavy atom. The SMILES string of the molecule is c1ccc2cc(N(c3ccc(-c4ccc5sc6c7ccccc7c7ccccc7c6c5c4)cc3)c3ccc4sc5ccccc5c4c3)ccc2c1. The second kappa shape index (κ2) is 11.3. The standard InChI is InChI=1S/C48H29NS2/c1-2-10-32-27-35(23-19-30(32)9-1)49(36-24-26-45-42(29-36)39-13-7-8-16-44(39)50-45)34-21-17-31(18-22-34)33-20-25-46-43(28-33)47-40-14-5-3-11-37(40)38-12-4-6-15-41(38)48(47)51-46/h1-29H. The van der Waals surface area contributed by atoms with Crippen LogP contribution in [-0.4, -0.2) is 0 Å². The van der Waals surface area contributed by atoms with E-state index in [1.807, 2.05) is 22.7 Å². The molecule has 238 valence electrons. The third kappa shape index (κ3) is 4.52. The van der Waals surface area contributed by atoms with Gasteiger partial charge in [-0.15, -0.1) is 22.7 Å². The topological polar surface area (TPSA) is 3.24 Å². The Bertz CT molecular complexity index is 3150. The van der Waals surface area contributed by atoms with E-state index in [9.17, 15) is 0 Å². The molecule has 51 heavy (non-hydrogen) atoms. The Labute approximate surface area is 302 Å². The van der Waals surface area contributed by atoms with Crippen molar-refractivity contribution >= 4 is 112 Å². The molecule has 2 heterocycles. The Kier molecular flexibility index (Phi) is 6.36. The van der Waals surface area contributed by atoms with Crippen LogP contribution in [0.5, 0.6) is 0 Å². The van der Waals surface area contributed by atoms with Crippen LogP contribution in [0, 0.1) is 0 Å². The van der Waals surface area contributed by atoms with Crippen molar-refractivity contribution < 1.29 is 0 Å². The van der Waals surface area contributed by atoms with Crippen LogP contribution in [0.2, 0.25) is 0 Å². The molecule has 0 unspecified atom stereocenters. The number of thiophene rings is 2. The van der Waals surface area contributed by atoms with Gasteiger partial charge < -0.3 is 4.90 Å². The van der Waals surface area contributed by atoms with Crippen molar-refractivity contribution in [3.05, 3.63) is 176 Å². The zero-order chi connectivity index (χ0) is 33.5. The van der Waals surface area contributed by atoms with Crippen molar-refractivity contribution in [1.29, 1.82) is 0 Å². The number of rotatable bonds is 4. The number of hydrogen-bond acceptors (Lipinski definition) is 3. The maximum atomic E-state index is 2.40. The Balaban J connectivity index is 1.06. The van der Waals surface area contributed by atoms with Crippen LogP contribution in [-0.2, 0) is 0 Å². The molecule has 9 aromatic carbocycles. The molecule has 0 atom stereocenters. The molecule has 0 aliphatic rings. The van der Waals surface area contributed by atoms with E-state index in [-0.39, 0.29) is 0 Å². The monoisotopic (exact) mass is 683 g/mol. The van der Waals surface area contributed by atoms with Crippen LogP contribution in [0.25, 0.3) is 83.8 Å². The van der Waals surface area contributed by atoms with Crippen molar-refractivity contribution in [1.82, 2.24) is 0 Å². The molecule has 11 rings (SSSR count). The summed E-state index contributed by atoms with van der Waals surface area (Å²) in [6, 6.07) is 64.9. The average molecular weight is 684 g/mol. The van der Waals surface area contributed by atoms with Gasteiger partial charge in [-0.2, -0.15) is 0 Å². The zero-order valence-electron chi connectivity index (χ0n) is 27.5. The van der Waals surface area contributed by atoms with Gasteiger partial charge in [-0.3, -0.25) is 0 Å². The fourth-order valence-corrected chi connectivity index (χ4v) is 10.3. The van der Waals surface area contributed by atoms with Crippen molar-refractivity contribution in [3.8, 4) is 11.1 Å².